The van der Waals surface area contributed by atoms with E-state index in [2.05, 4.69) is 23.8 Å². The van der Waals surface area contributed by atoms with Gasteiger partial charge in [-0.05, 0) is 44.3 Å². The minimum absolute atomic E-state index is 0.0989. The maximum absolute atomic E-state index is 11.0. The molecule has 158 valence electrons. The van der Waals surface area contributed by atoms with Gasteiger partial charge in [0.25, 0.3) is 5.17 Å². The molecule has 0 radical (unpaired) electrons. The molecule has 0 aliphatic rings. The molecule has 1 unspecified atom stereocenters. The van der Waals surface area contributed by atoms with Crippen LogP contribution in [0.25, 0.3) is 0 Å². The molecule has 0 amide bonds. The van der Waals surface area contributed by atoms with E-state index in [0.29, 0.717) is 11.6 Å². The molecule has 0 rings (SSSR count). The van der Waals surface area contributed by atoms with Gasteiger partial charge in [-0.1, -0.05) is 57.6 Å². The minimum Gasteiger partial charge on any atom is -0.469 e. The molecular weight excluding hydrogens is 358 g/mol. The van der Waals surface area contributed by atoms with E-state index in [4.69, 9.17) is 17.0 Å². The Balaban J connectivity index is 3.90. The number of allylic oxidation sites excluding steroid dienone is 1. The number of carbonyl (C=O) groups excluding carboxylic acids is 1. The Morgan fingerprint density at radius 3 is 2.33 bits per heavy atom. The number of ether oxygens (including phenoxy) is 2. The average molecular weight is 400 g/mol. The van der Waals surface area contributed by atoms with Gasteiger partial charge in [0, 0.05) is 26.9 Å². The second kappa shape index (κ2) is 18.3. The largest absolute Gasteiger partial charge is 0.469 e. The zero-order chi connectivity index (χ0) is 20.3. The second-order valence-electron chi connectivity index (χ2n) is 7.34. The number of esters is 1. The molecule has 0 saturated carbocycles. The lowest BCUT2D eigenvalue weighted by molar-refractivity contribution is -0.140. The van der Waals surface area contributed by atoms with Crippen molar-refractivity contribution in [3.05, 3.63) is 12.2 Å². The summed E-state index contributed by atoms with van der Waals surface area (Å²) in [5, 5.41) is 0.579. The summed E-state index contributed by atoms with van der Waals surface area (Å²) < 4.78 is 10.6. The summed E-state index contributed by atoms with van der Waals surface area (Å²) in [6.07, 6.45) is 19.0. The molecule has 0 spiro atoms. The predicted octanol–water partition coefficient (Wildman–Crippen LogP) is 6.04. The van der Waals surface area contributed by atoms with Crippen LogP contribution in [0, 0.1) is 0 Å². The van der Waals surface area contributed by atoms with E-state index in [1.165, 1.54) is 52.1 Å². The second-order valence-corrected chi connectivity index (χ2v) is 7.69. The number of methoxy groups -OCH3 is 1. The Bertz CT molecular complexity index is 410. The van der Waals surface area contributed by atoms with Gasteiger partial charge in [0.2, 0.25) is 0 Å². The number of hydrogen-bond acceptors (Lipinski definition) is 4. The van der Waals surface area contributed by atoms with Gasteiger partial charge >= 0.3 is 5.97 Å². The van der Waals surface area contributed by atoms with E-state index >= 15 is 0 Å². The van der Waals surface area contributed by atoms with E-state index in [0.717, 1.165) is 32.1 Å². The Labute approximate surface area is 172 Å². The molecule has 5 heteroatoms. The lowest BCUT2D eigenvalue weighted by Crippen LogP contribution is -2.27. The summed E-state index contributed by atoms with van der Waals surface area (Å²) in [7, 11) is 5.30. The van der Waals surface area contributed by atoms with Crippen molar-refractivity contribution < 1.29 is 14.3 Å². The van der Waals surface area contributed by atoms with Crippen molar-refractivity contribution in [1.82, 2.24) is 4.90 Å². The Morgan fingerprint density at radius 1 is 1.00 bits per heavy atom. The number of thiocarbonyl (C=S) groups is 1. The van der Waals surface area contributed by atoms with E-state index < -0.39 is 0 Å². The normalized spacial score (nSPS) is 12.1. The van der Waals surface area contributed by atoms with Gasteiger partial charge in [-0.15, -0.1) is 0 Å². The third kappa shape index (κ3) is 16.8. The molecule has 1 atom stereocenters. The molecule has 0 aromatic heterocycles. The smallest absolute Gasteiger partial charge is 0.305 e. The van der Waals surface area contributed by atoms with E-state index in [1.807, 2.05) is 19.0 Å². The molecular formula is C22H41NO3S. The van der Waals surface area contributed by atoms with Crippen LogP contribution >= 0.6 is 12.2 Å². The van der Waals surface area contributed by atoms with Crippen molar-refractivity contribution in [1.29, 1.82) is 0 Å². The van der Waals surface area contributed by atoms with Crippen molar-refractivity contribution in [2.75, 3.05) is 21.2 Å². The van der Waals surface area contributed by atoms with Crippen molar-refractivity contribution in [3.63, 3.8) is 0 Å². The van der Waals surface area contributed by atoms with Crippen molar-refractivity contribution >= 4 is 23.4 Å². The molecule has 0 aromatic carbocycles. The topological polar surface area (TPSA) is 38.8 Å². The molecule has 0 heterocycles. The fourth-order valence-corrected chi connectivity index (χ4v) is 2.94. The summed E-state index contributed by atoms with van der Waals surface area (Å²) in [5.74, 6) is -0.0989. The first-order chi connectivity index (χ1) is 13.0. The van der Waals surface area contributed by atoms with Crippen LogP contribution < -0.4 is 0 Å². The van der Waals surface area contributed by atoms with Gasteiger partial charge in [-0.25, -0.2) is 0 Å². The monoisotopic (exact) mass is 399 g/mol. The summed E-state index contributed by atoms with van der Waals surface area (Å²) in [6.45, 7) is 2.23. The van der Waals surface area contributed by atoms with Crippen molar-refractivity contribution in [2.45, 2.75) is 96.5 Å². The van der Waals surface area contributed by atoms with Crippen LogP contribution in [0.15, 0.2) is 12.2 Å². The number of hydrogen-bond donors (Lipinski definition) is 0. The minimum atomic E-state index is -0.0989. The van der Waals surface area contributed by atoms with Crippen LogP contribution in [-0.2, 0) is 14.3 Å². The molecule has 0 aliphatic heterocycles. The Kier molecular flexibility index (Phi) is 17.5. The van der Waals surface area contributed by atoms with Crippen LogP contribution in [0.3, 0.4) is 0 Å². The zero-order valence-electron chi connectivity index (χ0n) is 18.0. The molecule has 4 nitrogen and oxygen atoms in total. The molecule has 0 N–H and O–H groups in total. The predicted molar refractivity (Wildman–Crippen MR) is 118 cm³/mol. The molecule has 0 aromatic rings. The maximum atomic E-state index is 11.0. The van der Waals surface area contributed by atoms with Crippen molar-refractivity contribution in [3.8, 4) is 0 Å². The number of nitrogens with zero attached hydrogens (tertiary/aromatic N) is 1. The first-order valence-corrected chi connectivity index (χ1v) is 11.0. The highest BCUT2D eigenvalue weighted by Crippen LogP contribution is 2.14. The number of carbonyl (C=O) groups is 1. The fourth-order valence-electron chi connectivity index (χ4n) is 2.80. The summed E-state index contributed by atoms with van der Waals surface area (Å²) in [6, 6.07) is 0. The van der Waals surface area contributed by atoms with Crippen LogP contribution in [0.5, 0.6) is 0 Å². The Hall–Kier alpha value is -1.10. The van der Waals surface area contributed by atoms with Gasteiger partial charge in [0.1, 0.15) is 6.10 Å². The van der Waals surface area contributed by atoms with Gasteiger partial charge in [-0.2, -0.15) is 0 Å². The SMILES string of the molecule is CCCCCCC(C/C=C/CCCCCCCC(=O)OC)OC(=S)N(C)C. The highest BCUT2D eigenvalue weighted by molar-refractivity contribution is 7.80. The zero-order valence-corrected chi connectivity index (χ0v) is 18.8. The molecule has 0 fully saturated rings. The molecule has 0 aliphatic carbocycles. The lowest BCUT2D eigenvalue weighted by Gasteiger charge is -2.22. The van der Waals surface area contributed by atoms with Gasteiger partial charge in [-0.3, -0.25) is 4.79 Å². The third-order valence-electron chi connectivity index (χ3n) is 4.56. The van der Waals surface area contributed by atoms with Crippen LogP contribution in [0.1, 0.15) is 90.4 Å². The van der Waals surface area contributed by atoms with Gasteiger partial charge < -0.3 is 14.4 Å². The average Bonchev–Trinajstić information content (AvgIpc) is 2.65. The van der Waals surface area contributed by atoms with E-state index in [9.17, 15) is 4.79 Å². The number of rotatable bonds is 16. The summed E-state index contributed by atoms with van der Waals surface area (Å²) in [5.41, 5.74) is 0. The van der Waals surface area contributed by atoms with Crippen LogP contribution in [0.4, 0.5) is 0 Å². The van der Waals surface area contributed by atoms with Crippen molar-refractivity contribution in [2.24, 2.45) is 0 Å². The summed E-state index contributed by atoms with van der Waals surface area (Å²) >= 11 is 5.30. The third-order valence-corrected chi connectivity index (χ3v) is 5.02. The number of unbranched alkanes of at least 4 members (excludes halogenated alkanes) is 8. The molecule has 0 saturated heterocycles. The summed E-state index contributed by atoms with van der Waals surface area (Å²) in [4.78, 5) is 12.9. The lowest BCUT2D eigenvalue weighted by atomic mass is 10.1. The highest BCUT2D eigenvalue weighted by Gasteiger charge is 2.11. The fraction of sp³-hybridized carbons (Fsp3) is 0.818. The molecule has 0 bridgehead atoms. The standard InChI is InChI=1S/C22H41NO3S/c1-5-6-7-14-17-20(26-22(27)23(2)3)18-15-12-10-8-9-11-13-16-19-21(24)25-4/h12,15,20H,5-11,13-14,16-19H2,1-4H3/b15-12+. The Morgan fingerprint density at radius 2 is 1.67 bits per heavy atom. The quantitative estimate of drug-likeness (QED) is 0.137. The maximum Gasteiger partial charge on any atom is 0.305 e. The van der Waals surface area contributed by atoms with Gasteiger partial charge in [0.15, 0.2) is 0 Å². The first kappa shape index (κ1) is 25.9. The van der Waals surface area contributed by atoms with E-state index in [1.54, 1.807) is 0 Å². The van der Waals surface area contributed by atoms with Crippen LogP contribution in [0.2, 0.25) is 0 Å². The van der Waals surface area contributed by atoms with E-state index in [-0.39, 0.29) is 12.1 Å². The first-order valence-electron chi connectivity index (χ1n) is 10.6. The molecule has 27 heavy (non-hydrogen) atoms. The van der Waals surface area contributed by atoms with Gasteiger partial charge in [0.05, 0.1) is 7.11 Å². The highest BCUT2D eigenvalue weighted by atomic mass is 32.1. The van der Waals surface area contributed by atoms with Crippen LogP contribution in [-0.4, -0.2) is 43.4 Å².